The molecule has 2 aliphatic rings. The van der Waals surface area contributed by atoms with Crippen LogP contribution in [0.5, 0.6) is 0 Å². The zero-order valence-electron chi connectivity index (χ0n) is 29.4. The number of nitrogens with zero attached hydrogens (tertiary/aromatic N) is 4. The molecule has 2 aromatic carbocycles. The van der Waals surface area contributed by atoms with Crippen LogP contribution in [-0.2, 0) is 38.2 Å². The summed E-state index contributed by atoms with van der Waals surface area (Å²) in [5.41, 5.74) is 13.5. The minimum absolute atomic E-state index is 0.00436. The minimum Gasteiger partial charge on any atom is -0.467 e. The van der Waals surface area contributed by atoms with E-state index in [9.17, 15) is 28.8 Å². The fourth-order valence-electron chi connectivity index (χ4n) is 5.59. The van der Waals surface area contributed by atoms with E-state index < -0.39 is 33.2 Å². The number of likely N-dealkylation sites (tertiary alicyclic amines) is 2. The molecule has 0 aromatic heterocycles. The summed E-state index contributed by atoms with van der Waals surface area (Å²) >= 11 is 1.89. The number of thioether (sulfide) groups is 2. The zero-order valence-corrected chi connectivity index (χ0v) is 32.7. The molecule has 282 valence electrons. The number of likely N-dealkylation sites (N-methyl/N-ethyl adjacent to an activating group) is 2. The largest absolute Gasteiger partial charge is 0.467 e. The second-order valence-electron chi connectivity index (χ2n) is 11.6. The first-order valence-corrected chi connectivity index (χ1v) is 20.6. The van der Waals surface area contributed by atoms with E-state index in [-0.39, 0.29) is 49.6 Å². The topological polar surface area (TPSA) is 186 Å². The third-order valence-electron chi connectivity index (χ3n) is 8.48. The standard InChI is InChI=1S/C34H44N6O8S4/c1-5-37(15-17-39-27(41)19-25(31(39)43)49-29(35)33(45)47-3)21-7-11-23(12-8-21)51-52-24-13-9-22(10-14-24)38(6-2)16-18-40-28(42)20-26(32(40)44)50-30(36)34(46)48-4/h7-14,25-26,29-30H,5-6,15-20,35-36H2,1-4H3/t25?,26?,29-,30-/m1/s1. The lowest BCUT2D eigenvalue weighted by Crippen LogP contribution is -2.39. The van der Waals surface area contributed by atoms with E-state index in [0.717, 1.165) is 44.7 Å². The molecule has 0 spiro atoms. The number of hydrogen-bond acceptors (Lipinski definition) is 16. The first-order valence-electron chi connectivity index (χ1n) is 16.6. The summed E-state index contributed by atoms with van der Waals surface area (Å²) in [6.45, 7) is 6.77. The number of carbonyl (C=O) groups excluding carboxylic acids is 6. The van der Waals surface area contributed by atoms with Crippen molar-refractivity contribution in [1.29, 1.82) is 0 Å². The van der Waals surface area contributed by atoms with Crippen LogP contribution in [0.25, 0.3) is 0 Å². The highest BCUT2D eigenvalue weighted by Crippen LogP contribution is 2.38. The maximum absolute atomic E-state index is 12.9. The molecular weight excluding hydrogens is 749 g/mol. The predicted octanol–water partition coefficient (Wildman–Crippen LogP) is 2.78. The highest BCUT2D eigenvalue weighted by Gasteiger charge is 2.42. The summed E-state index contributed by atoms with van der Waals surface area (Å²) < 4.78 is 9.25. The highest BCUT2D eigenvalue weighted by atomic mass is 33.1. The molecular formula is C34H44N6O8S4. The Kier molecular flexibility index (Phi) is 15.6. The average molecular weight is 793 g/mol. The van der Waals surface area contributed by atoms with Gasteiger partial charge in [0.05, 0.1) is 24.7 Å². The number of carbonyl (C=O) groups is 6. The van der Waals surface area contributed by atoms with Crippen molar-refractivity contribution in [1.82, 2.24) is 9.80 Å². The number of rotatable bonds is 19. The number of imide groups is 2. The van der Waals surface area contributed by atoms with E-state index in [1.54, 1.807) is 21.6 Å². The molecule has 0 saturated carbocycles. The van der Waals surface area contributed by atoms with Crippen molar-refractivity contribution in [3.05, 3.63) is 48.5 Å². The molecule has 0 aliphatic carbocycles. The smallest absolute Gasteiger partial charge is 0.333 e. The van der Waals surface area contributed by atoms with Crippen molar-refractivity contribution < 1.29 is 38.2 Å². The Balaban J connectivity index is 1.24. The molecule has 4 rings (SSSR count). The number of ether oxygens (including phenoxy) is 2. The molecule has 14 nitrogen and oxygen atoms in total. The van der Waals surface area contributed by atoms with Gasteiger partial charge in [0.1, 0.15) is 0 Å². The van der Waals surface area contributed by atoms with Crippen LogP contribution in [0.15, 0.2) is 58.3 Å². The number of nitrogens with two attached hydrogens (primary N) is 2. The number of anilines is 2. The third kappa shape index (κ3) is 10.6. The molecule has 2 aliphatic heterocycles. The minimum atomic E-state index is -1.03. The van der Waals surface area contributed by atoms with Crippen molar-refractivity contribution in [3.8, 4) is 0 Å². The Morgan fingerprint density at radius 3 is 1.35 bits per heavy atom. The van der Waals surface area contributed by atoms with Gasteiger partial charge in [-0.3, -0.25) is 29.0 Å². The molecule has 2 heterocycles. The summed E-state index contributed by atoms with van der Waals surface area (Å²) in [6, 6.07) is 16.2. The molecule has 0 radical (unpaired) electrons. The fraction of sp³-hybridized carbons (Fsp3) is 0.471. The van der Waals surface area contributed by atoms with Gasteiger partial charge in [-0.1, -0.05) is 21.6 Å². The maximum atomic E-state index is 12.9. The van der Waals surface area contributed by atoms with Crippen LogP contribution in [0.4, 0.5) is 11.4 Å². The van der Waals surface area contributed by atoms with Crippen molar-refractivity contribution in [2.45, 2.75) is 57.7 Å². The number of hydrogen-bond donors (Lipinski definition) is 2. The lowest BCUT2D eigenvalue weighted by molar-refractivity contribution is -0.140. The summed E-state index contributed by atoms with van der Waals surface area (Å²) in [5, 5.41) is -3.46. The molecule has 4 atom stereocenters. The molecule has 2 fully saturated rings. The normalized spacial score (nSPS) is 18.5. The van der Waals surface area contributed by atoms with Gasteiger partial charge < -0.3 is 30.7 Å². The summed E-state index contributed by atoms with van der Waals surface area (Å²) in [7, 11) is 5.69. The number of benzene rings is 2. The van der Waals surface area contributed by atoms with Gasteiger partial charge in [-0.25, -0.2) is 9.59 Å². The first-order chi connectivity index (χ1) is 24.9. The van der Waals surface area contributed by atoms with Crippen LogP contribution in [0, 0.1) is 0 Å². The van der Waals surface area contributed by atoms with Gasteiger partial charge in [0.15, 0.2) is 10.7 Å². The molecule has 52 heavy (non-hydrogen) atoms. The lowest BCUT2D eigenvalue weighted by atomic mass is 10.3. The van der Waals surface area contributed by atoms with E-state index in [0.29, 0.717) is 26.2 Å². The van der Waals surface area contributed by atoms with Crippen LogP contribution in [0.3, 0.4) is 0 Å². The molecule has 0 bridgehead atoms. The lowest BCUT2D eigenvalue weighted by Gasteiger charge is -2.26. The van der Waals surface area contributed by atoms with Crippen LogP contribution < -0.4 is 21.3 Å². The van der Waals surface area contributed by atoms with Gasteiger partial charge >= 0.3 is 11.9 Å². The number of amides is 4. The van der Waals surface area contributed by atoms with Crippen molar-refractivity contribution in [2.75, 3.05) is 63.3 Å². The van der Waals surface area contributed by atoms with Gasteiger partial charge in [0.2, 0.25) is 23.6 Å². The Hall–Kier alpha value is -3.42. The van der Waals surface area contributed by atoms with Gasteiger partial charge in [-0.05, 0) is 62.4 Å². The van der Waals surface area contributed by atoms with Gasteiger partial charge in [-0.2, -0.15) is 0 Å². The summed E-state index contributed by atoms with van der Waals surface area (Å²) in [4.78, 5) is 83.0. The van der Waals surface area contributed by atoms with Gasteiger partial charge in [-0.15, -0.1) is 23.5 Å². The third-order valence-corrected chi connectivity index (χ3v) is 13.3. The second-order valence-corrected chi connectivity index (χ2v) is 16.6. The van der Waals surface area contributed by atoms with Gasteiger partial charge in [0.25, 0.3) is 0 Å². The molecule has 2 unspecified atom stereocenters. The molecule has 2 saturated heterocycles. The molecule has 4 N–H and O–H groups in total. The average Bonchev–Trinajstić information content (AvgIpc) is 3.57. The predicted molar refractivity (Wildman–Crippen MR) is 206 cm³/mol. The summed E-state index contributed by atoms with van der Waals surface area (Å²) in [6.07, 6.45) is 0.00871. The van der Waals surface area contributed by atoms with E-state index in [2.05, 4.69) is 19.3 Å². The van der Waals surface area contributed by atoms with Crippen LogP contribution in [-0.4, -0.2) is 120 Å². The van der Waals surface area contributed by atoms with Crippen LogP contribution in [0.1, 0.15) is 26.7 Å². The Morgan fingerprint density at radius 2 is 1.04 bits per heavy atom. The Morgan fingerprint density at radius 1 is 0.692 bits per heavy atom. The van der Waals surface area contributed by atoms with Crippen molar-refractivity contribution >= 4 is 92.1 Å². The van der Waals surface area contributed by atoms with Gasteiger partial charge in [0, 0.05) is 73.3 Å². The molecule has 4 amide bonds. The van der Waals surface area contributed by atoms with Crippen LogP contribution >= 0.6 is 45.1 Å². The Bertz CT molecular complexity index is 1480. The monoisotopic (exact) mass is 792 g/mol. The van der Waals surface area contributed by atoms with E-state index >= 15 is 0 Å². The maximum Gasteiger partial charge on any atom is 0.333 e. The highest BCUT2D eigenvalue weighted by molar-refractivity contribution is 8.76. The molecule has 18 heteroatoms. The summed E-state index contributed by atoms with van der Waals surface area (Å²) in [5.74, 6) is -2.52. The van der Waals surface area contributed by atoms with E-state index in [1.807, 2.05) is 62.4 Å². The number of methoxy groups -OCH3 is 2. The molecule has 2 aromatic rings. The quantitative estimate of drug-likeness (QED) is 0.0915. The number of esters is 2. The first kappa shape index (κ1) is 41.3. The van der Waals surface area contributed by atoms with E-state index in [1.165, 1.54) is 24.0 Å². The Labute approximate surface area is 319 Å². The van der Waals surface area contributed by atoms with Crippen LogP contribution in [0.2, 0.25) is 0 Å². The SMILES string of the molecule is CCN(CCN1C(=O)CC(S[C@@H](N)C(=O)OC)C1=O)c1ccc(SSc2ccc(N(CC)CCN3C(=O)CC(S[C@@H](N)C(=O)OC)C3=O)cc2)cc1. The zero-order chi connectivity index (χ0) is 37.9. The van der Waals surface area contributed by atoms with E-state index in [4.69, 9.17) is 11.5 Å². The fourth-order valence-corrected chi connectivity index (χ4v) is 9.61. The second kappa shape index (κ2) is 19.6. The van der Waals surface area contributed by atoms with Crippen molar-refractivity contribution in [3.63, 3.8) is 0 Å². The van der Waals surface area contributed by atoms with Crippen molar-refractivity contribution in [2.24, 2.45) is 11.5 Å².